The summed E-state index contributed by atoms with van der Waals surface area (Å²) in [5, 5.41) is 9.49. The van der Waals surface area contributed by atoms with Crippen molar-refractivity contribution in [1.29, 1.82) is 0 Å². The van der Waals surface area contributed by atoms with E-state index < -0.39 is 0 Å². The first-order chi connectivity index (χ1) is 10.1. The summed E-state index contributed by atoms with van der Waals surface area (Å²) >= 11 is 0. The van der Waals surface area contributed by atoms with E-state index in [0.29, 0.717) is 16.8 Å². The van der Waals surface area contributed by atoms with Gasteiger partial charge in [-0.15, -0.1) is 0 Å². The van der Waals surface area contributed by atoms with Crippen LogP contribution in [0, 0.1) is 0 Å². The lowest BCUT2D eigenvalue weighted by molar-refractivity contribution is 0.0937. The number of hydrogen-bond acceptors (Lipinski definition) is 3. The van der Waals surface area contributed by atoms with Crippen molar-refractivity contribution in [2.45, 2.75) is 51.6 Å². The first kappa shape index (κ1) is 13.9. The van der Waals surface area contributed by atoms with Crippen LogP contribution in [0.1, 0.15) is 55.9 Å². The lowest BCUT2D eigenvalue weighted by Crippen LogP contribution is -2.33. The highest BCUT2D eigenvalue weighted by atomic mass is 16.2. The van der Waals surface area contributed by atoms with Gasteiger partial charge in [-0.05, 0) is 26.7 Å². The van der Waals surface area contributed by atoms with Gasteiger partial charge in [0.15, 0.2) is 0 Å². The van der Waals surface area contributed by atoms with Crippen LogP contribution in [0.15, 0.2) is 17.2 Å². The predicted octanol–water partition coefficient (Wildman–Crippen LogP) is 1.93. The zero-order valence-electron chi connectivity index (χ0n) is 12.3. The Morgan fingerprint density at radius 1 is 1.38 bits per heavy atom. The Balaban J connectivity index is 1.99. The van der Waals surface area contributed by atoms with Crippen LogP contribution >= 0.6 is 0 Å². The molecule has 0 radical (unpaired) electrons. The molecule has 2 N–H and O–H groups in total. The van der Waals surface area contributed by atoms with E-state index in [4.69, 9.17) is 0 Å². The molecule has 0 saturated heterocycles. The molecule has 0 bridgehead atoms. The second kappa shape index (κ2) is 5.35. The van der Waals surface area contributed by atoms with Crippen LogP contribution in [0.2, 0.25) is 0 Å². The topological polar surface area (TPSA) is 79.8 Å². The normalized spacial score (nSPS) is 16.0. The number of carbonyl (C=O) groups is 1. The van der Waals surface area contributed by atoms with Gasteiger partial charge in [-0.1, -0.05) is 12.8 Å². The van der Waals surface area contributed by atoms with Crippen molar-refractivity contribution in [3.63, 3.8) is 0 Å². The van der Waals surface area contributed by atoms with Crippen LogP contribution in [0.4, 0.5) is 0 Å². The van der Waals surface area contributed by atoms with Gasteiger partial charge in [0, 0.05) is 24.5 Å². The largest absolute Gasteiger partial charge is 0.350 e. The Kier molecular flexibility index (Phi) is 3.53. The fourth-order valence-electron chi connectivity index (χ4n) is 2.85. The molecule has 0 spiro atoms. The first-order valence-corrected chi connectivity index (χ1v) is 7.47. The van der Waals surface area contributed by atoms with Gasteiger partial charge in [0.25, 0.3) is 11.5 Å². The number of pyridine rings is 1. The number of aromatic amines is 1. The van der Waals surface area contributed by atoms with Crippen LogP contribution < -0.4 is 10.9 Å². The zero-order valence-corrected chi connectivity index (χ0v) is 12.3. The van der Waals surface area contributed by atoms with Crippen molar-refractivity contribution < 1.29 is 4.79 Å². The summed E-state index contributed by atoms with van der Waals surface area (Å²) < 4.78 is 1.88. The lowest BCUT2D eigenvalue weighted by Gasteiger charge is -2.17. The molecule has 1 saturated carbocycles. The van der Waals surface area contributed by atoms with Crippen LogP contribution in [0.5, 0.6) is 0 Å². The van der Waals surface area contributed by atoms with Gasteiger partial charge in [-0.25, -0.2) is 5.10 Å². The minimum atomic E-state index is -0.255. The SMILES string of the molecule is CC(C)n1cc(C(=O)NC2CCCC2)c2n[nH]c(=O)c-2c1. The summed E-state index contributed by atoms with van der Waals surface area (Å²) in [4.78, 5) is 24.3. The number of amides is 1. The van der Waals surface area contributed by atoms with Crippen LogP contribution in [-0.2, 0) is 0 Å². The Hall–Kier alpha value is -2.11. The van der Waals surface area contributed by atoms with Crippen molar-refractivity contribution in [2.24, 2.45) is 0 Å². The Bertz CT molecular complexity index is 680. The van der Waals surface area contributed by atoms with E-state index in [1.807, 2.05) is 18.4 Å². The van der Waals surface area contributed by atoms with Gasteiger partial charge >= 0.3 is 0 Å². The van der Waals surface area contributed by atoms with Gasteiger partial charge in [-0.3, -0.25) is 9.59 Å². The quantitative estimate of drug-likeness (QED) is 0.905. The molecule has 1 aliphatic carbocycles. The van der Waals surface area contributed by atoms with Gasteiger partial charge in [0.05, 0.1) is 11.1 Å². The summed E-state index contributed by atoms with van der Waals surface area (Å²) in [5.41, 5.74) is 1.12. The van der Waals surface area contributed by atoms with Crippen LogP contribution in [0.25, 0.3) is 11.3 Å². The smallest absolute Gasteiger partial charge is 0.275 e. The number of fused-ring (bicyclic) bond motifs is 1. The average Bonchev–Trinajstić information content (AvgIpc) is 3.08. The van der Waals surface area contributed by atoms with Crippen molar-refractivity contribution in [2.75, 3.05) is 0 Å². The molecule has 6 heteroatoms. The Labute approximate surface area is 122 Å². The average molecular weight is 288 g/mol. The maximum absolute atomic E-state index is 12.5. The molecule has 6 nitrogen and oxygen atoms in total. The van der Waals surface area contributed by atoms with Crippen molar-refractivity contribution in [1.82, 2.24) is 20.1 Å². The van der Waals surface area contributed by atoms with Crippen LogP contribution in [-0.4, -0.2) is 26.7 Å². The molecule has 0 atom stereocenters. The second-order valence-electron chi connectivity index (χ2n) is 5.98. The number of H-pyrrole nitrogens is 1. The van der Waals surface area contributed by atoms with E-state index >= 15 is 0 Å². The third kappa shape index (κ3) is 2.57. The van der Waals surface area contributed by atoms with E-state index in [0.717, 1.165) is 25.7 Å². The second-order valence-corrected chi connectivity index (χ2v) is 5.98. The maximum atomic E-state index is 12.5. The molecule has 21 heavy (non-hydrogen) atoms. The van der Waals surface area contributed by atoms with Crippen molar-refractivity contribution in [3.8, 4) is 11.3 Å². The summed E-state index contributed by atoms with van der Waals surface area (Å²) in [5.74, 6) is -0.145. The number of aromatic nitrogens is 3. The molecular weight excluding hydrogens is 268 g/mol. The van der Waals surface area contributed by atoms with Crippen molar-refractivity contribution in [3.05, 3.63) is 28.3 Å². The highest BCUT2D eigenvalue weighted by Crippen LogP contribution is 2.23. The minimum absolute atomic E-state index is 0.145. The third-order valence-corrected chi connectivity index (χ3v) is 4.11. The lowest BCUT2D eigenvalue weighted by atomic mass is 10.1. The fourth-order valence-corrected chi connectivity index (χ4v) is 2.85. The molecule has 112 valence electrons. The summed E-state index contributed by atoms with van der Waals surface area (Å²) in [6.07, 6.45) is 7.90. The van der Waals surface area contributed by atoms with E-state index in [1.165, 1.54) is 0 Å². The number of nitrogens with zero attached hydrogens (tertiary/aromatic N) is 2. The predicted molar refractivity (Wildman–Crippen MR) is 79.6 cm³/mol. The summed E-state index contributed by atoms with van der Waals surface area (Å²) in [6, 6.07) is 0.410. The van der Waals surface area contributed by atoms with E-state index in [9.17, 15) is 9.59 Å². The molecule has 2 aliphatic heterocycles. The van der Waals surface area contributed by atoms with E-state index in [2.05, 4.69) is 15.5 Å². The minimum Gasteiger partial charge on any atom is -0.350 e. The molecule has 3 aliphatic rings. The molecule has 0 aromatic rings. The van der Waals surface area contributed by atoms with Gasteiger partial charge in [-0.2, -0.15) is 5.10 Å². The van der Waals surface area contributed by atoms with E-state index in [-0.39, 0.29) is 23.6 Å². The van der Waals surface area contributed by atoms with Gasteiger partial charge < -0.3 is 9.88 Å². The molecule has 1 amide bonds. The first-order valence-electron chi connectivity index (χ1n) is 7.47. The number of rotatable bonds is 3. The molecule has 1 fully saturated rings. The van der Waals surface area contributed by atoms with Crippen molar-refractivity contribution >= 4 is 5.91 Å². The molecular formula is C15H20N4O2. The molecule has 3 rings (SSSR count). The number of hydrogen-bond donors (Lipinski definition) is 2. The van der Waals surface area contributed by atoms with E-state index in [1.54, 1.807) is 12.4 Å². The highest BCUT2D eigenvalue weighted by Gasteiger charge is 2.24. The number of carbonyl (C=O) groups excluding carboxylic acids is 1. The maximum Gasteiger partial charge on any atom is 0.275 e. The van der Waals surface area contributed by atoms with Gasteiger partial charge in [0.2, 0.25) is 0 Å². The molecule has 2 heterocycles. The molecule has 0 aromatic heterocycles. The van der Waals surface area contributed by atoms with Crippen LogP contribution in [0.3, 0.4) is 0 Å². The highest BCUT2D eigenvalue weighted by molar-refractivity contribution is 6.00. The molecule has 0 aromatic carbocycles. The Morgan fingerprint density at radius 2 is 2.10 bits per heavy atom. The summed E-state index contributed by atoms with van der Waals surface area (Å²) in [7, 11) is 0. The number of nitrogens with one attached hydrogen (secondary N) is 2. The standard InChI is InChI=1S/C15H20N4O2/c1-9(2)19-7-11(13-12(8-19)15(21)18-17-13)14(20)16-10-5-3-4-6-10/h7-10H,3-6H2,1-2H3,(H,16,20)(H,18,21). The molecule has 0 unspecified atom stereocenters. The summed E-state index contributed by atoms with van der Waals surface area (Å²) in [6.45, 7) is 4.02. The zero-order chi connectivity index (χ0) is 15.0. The van der Waals surface area contributed by atoms with Gasteiger partial charge in [0.1, 0.15) is 5.69 Å². The Morgan fingerprint density at radius 3 is 2.76 bits per heavy atom. The third-order valence-electron chi connectivity index (χ3n) is 4.11. The fraction of sp³-hybridized carbons (Fsp3) is 0.533. The monoisotopic (exact) mass is 288 g/mol.